The molecule has 0 spiro atoms. The third-order valence-corrected chi connectivity index (χ3v) is 4.29. The Labute approximate surface area is 166 Å². The molecule has 0 radical (unpaired) electrons. The van der Waals surface area contributed by atoms with E-state index in [0.717, 1.165) is 11.3 Å². The molecule has 0 bridgehead atoms. The van der Waals surface area contributed by atoms with Crippen LogP contribution in [0.15, 0.2) is 29.6 Å². The molecule has 1 aromatic rings. The predicted octanol–water partition coefficient (Wildman–Crippen LogP) is 3.01. The van der Waals surface area contributed by atoms with Crippen LogP contribution in [0.2, 0.25) is 5.02 Å². The summed E-state index contributed by atoms with van der Waals surface area (Å²) in [5.41, 5.74) is 1.56. The number of ether oxygens (including phenoxy) is 1. The highest BCUT2D eigenvalue weighted by Crippen LogP contribution is 2.24. The zero-order valence-corrected chi connectivity index (χ0v) is 17.5. The van der Waals surface area contributed by atoms with Crippen molar-refractivity contribution in [2.45, 2.75) is 40.7 Å². The van der Waals surface area contributed by atoms with Crippen LogP contribution in [-0.4, -0.2) is 32.4 Å². The normalized spacial score (nSPS) is 12.2. The van der Waals surface area contributed by atoms with Crippen LogP contribution in [0.4, 0.5) is 0 Å². The standard InChI is InChI=1S/C20H30ClN3O3/c1-6-27-18-8-7-16(21)9-15(18)11-23-13-20(3,4)10-19(26)24-17(12-25)14(2)22-5/h7-9,12,22-23H,6,10-11,13H2,1-5H3,(H,24,26)/b17-14+. The Hall–Kier alpha value is -2.05. The van der Waals surface area contributed by atoms with E-state index in [-0.39, 0.29) is 23.4 Å². The Bertz CT molecular complexity index is 687. The minimum absolute atomic E-state index is 0.198. The number of hydrogen-bond acceptors (Lipinski definition) is 5. The summed E-state index contributed by atoms with van der Waals surface area (Å²) in [5.74, 6) is 0.601. The maximum Gasteiger partial charge on any atom is 0.225 e. The van der Waals surface area contributed by atoms with Gasteiger partial charge in [-0.2, -0.15) is 0 Å². The summed E-state index contributed by atoms with van der Waals surface area (Å²) in [6.45, 7) is 9.44. The van der Waals surface area contributed by atoms with Crippen LogP contribution in [0.1, 0.15) is 39.7 Å². The average molecular weight is 396 g/mol. The van der Waals surface area contributed by atoms with Crippen LogP contribution >= 0.6 is 11.6 Å². The Kier molecular flexibility index (Phi) is 9.32. The number of amides is 1. The molecule has 6 nitrogen and oxygen atoms in total. The average Bonchev–Trinajstić information content (AvgIpc) is 2.60. The molecule has 1 amide bonds. The number of allylic oxidation sites excluding steroid dienone is 2. The highest BCUT2D eigenvalue weighted by Gasteiger charge is 2.22. The molecule has 0 saturated heterocycles. The first-order valence-corrected chi connectivity index (χ1v) is 9.35. The summed E-state index contributed by atoms with van der Waals surface area (Å²) in [7, 11) is 1.70. The van der Waals surface area contributed by atoms with Gasteiger partial charge in [-0.1, -0.05) is 25.4 Å². The maximum atomic E-state index is 12.3. The summed E-state index contributed by atoms with van der Waals surface area (Å²) in [6.07, 6.45) is 0.922. The largest absolute Gasteiger partial charge is 0.494 e. The number of rotatable bonds is 11. The predicted molar refractivity (Wildman–Crippen MR) is 109 cm³/mol. The zero-order valence-electron chi connectivity index (χ0n) is 16.7. The molecule has 0 unspecified atom stereocenters. The molecule has 0 saturated carbocycles. The number of aldehydes is 1. The molecule has 3 N–H and O–H groups in total. The number of benzene rings is 1. The Morgan fingerprint density at radius 2 is 2.04 bits per heavy atom. The van der Waals surface area contributed by atoms with E-state index >= 15 is 0 Å². The van der Waals surface area contributed by atoms with Crippen LogP contribution in [0, 0.1) is 5.41 Å². The van der Waals surface area contributed by atoms with Crippen molar-refractivity contribution in [2.75, 3.05) is 20.2 Å². The second-order valence-corrected chi connectivity index (χ2v) is 7.52. The number of hydrogen-bond donors (Lipinski definition) is 3. The lowest BCUT2D eigenvalue weighted by Gasteiger charge is -2.25. The van der Waals surface area contributed by atoms with E-state index in [1.165, 1.54) is 0 Å². The summed E-state index contributed by atoms with van der Waals surface area (Å²) in [5, 5.41) is 9.53. The number of nitrogens with one attached hydrogen (secondary N) is 3. The second-order valence-electron chi connectivity index (χ2n) is 7.08. The molecule has 0 aromatic heterocycles. The van der Waals surface area contributed by atoms with Crippen molar-refractivity contribution >= 4 is 23.8 Å². The van der Waals surface area contributed by atoms with E-state index in [1.807, 2.05) is 32.9 Å². The van der Waals surface area contributed by atoms with Gasteiger partial charge in [0, 0.05) is 42.8 Å². The molecule has 1 rings (SSSR count). The fourth-order valence-electron chi connectivity index (χ4n) is 2.56. The first-order chi connectivity index (χ1) is 12.7. The fourth-order valence-corrected chi connectivity index (χ4v) is 2.75. The summed E-state index contributed by atoms with van der Waals surface area (Å²) >= 11 is 6.08. The lowest BCUT2D eigenvalue weighted by molar-refractivity contribution is -0.123. The van der Waals surface area contributed by atoms with Crippen molar-refractivity contribution in [3.63, 3.8) is 0 Å². The number of carbonyl (C=O) groups excluding carboxylic acids is 2. The van der Waals surface area contributed by atoms with Gasteiger partial charge in [0.2, 0.25) is 5.91 Å². The quantitative estimate of drug-likeness (QED) is 0.396. The molecule has 0 atom stereocenters. The molecule has 150 valence electrons. The Morgan fingerprint density at radius 3 is 2.63 bits per heavy atom. The molecule has 0 aliphatic carbocycles. The zero-order chi connectivity index (χ0) is 20.4. The van der Waals surface area contributed by atoms with Gasteiger partial charge >= 0.3 is 0 Å². The first kappa shape index (κ1) is 23.0. The fraction of sp³-hybridized carbons (Fsp3) is 0.500. The van der Waals surface area contributed by atoms with Crippen LogP contribution in [0.3, 0.4) is 0 Å². The lowest BCUT2D eigenvalue weighted by atomic mass is 9.88. The molecule has 0 fully saturated rings. The molecule has 7 heteroatoms. The lowest BCUT2D eigenvalue weighted by Crippen LogP contribution is -2.36. The first-order valence-electron chi connectivity index (χ1n) is 8.98. The van der Waals surface area contributed by atoms with Gasteiger partial charge < -0.3 is 20.7 Å². The summed E-state index contributed by atoms with van der Waals surface area (Å²) in [4.78, 5) is 23.4. The van der Waals surface area contributed by atoms with E-state index < -0.39 is 0 Å². The van der Waals surface area contributed by atoms with Crippen LogP contribution in [0.25, 0.3) is 0 Å². The van der Waals surface area contributed by atoms with Crippen molar-refractivity contribution in [1.29, 1.82) is 0 Å². The Morgan fingerprint density at radius 1 is 1.33 bits per heavy atom. The Balaban J connectivity index is 2.62. The molecule has 0 aliphatic heterocycles. The van der Waals surface area contributed by atoms with E-state index in [1.54, 1.807) is 20.0 Å². The van der Waals surface area contributed by atoms with Gasteiger partial charge in [-0.05, 0) is 37.5 Å². The van der Waals surface area contributed by atoms with Crippen LogP contribution in [-0.2, 0) is 16.1 Å². The van der Waals surface area contributed by atoms with Gasteiger partial charge in [-0.15, -0.1) is 0 Å². The second kappa shape index (κ2) is 10.9. The van der Waals surface area contributed by atoms with Gasteiger partial charge in [0.15, 0.2) is 6.29 Å². The monoisotopic (exact) mass is 395 g/mol. The van der Waals surface area contributed by atoms with Crippen molar-refractivity contribution in [3.05, 3.63) is 40.2 Å². The van der Waals surface area contributed by atoms with Crippen molar-refractivity contribution in [3.8, 4) is 5.75 Å². The van der Waals surface area contributed by atoms with E-state index in [9.17, 15) is 9.59 Å². The molecule has 0 heterocycles. The summed E-state index contributed by atoms with van der Waals surface area (Å²) in [6, 6.07) is 5.54. The molecule has 1 aromatic carbocycles. The molecular formula is C20H30ClN3O3. The third kappa shape index (κ3) is 8.01. The van der Waals surface area contributed by atoms with Crippen molar-refractivity contribution in [2.24, 2.45) is 5.41 Å². The topological polar surface area (TPSA) is 79.5 Å². The van der Waals surface area contributed by atoms with Crippen LogP contribution in [0.5, 0.6) is 5.75 Å². The van der Waals surface area contributed by atoms with Crippen molar-refractivity contribution < 1.29 is 14.3 Å². The number of halogens is 1. The van der Waals surface area contributed by atoms with E-state index in [2.05, 4.69) is 16.0 Å². The van der Waals surface area contributed by atoms with E-state index in [4.69, 9.17) is 16.3 Å². The van der Waals surface area contributed by atoms with E-state index in [0.29, 0.717) is 36.7 Å². The van der Waals surface area contributed by atoms with Crippen LogP contribution < -0.4 is 20.7 Å². The van der Waals surface area contributed by atoms with Gasteiger partial charge in [-0.25, -0.2) is 0 Å². The smallest absolute Gasteiger partial charge is 0.225 e. The highest BCUT2D eigenvalue weighted by atomic mass is 35.5. The maximum absolute atomic E-state index is 12.3. The SMILES string of the molecule is CCOc1ccc(Cl)cc1CNCC(C)(C)CC(=O)N/C(C=O)=C(\C)NC. The number of carbonyl (C=O) groups is 2. The molecular weight excluding hydrogens is 366 g/mol. The molecule has 0 aliphatic rings. The van der Waals surface area contributed by atoms with Gasteiger partial charge in [0.25, 0.3) is 0 Å². The molecule has 27 heavy (non-hydrogen) atoms. The minimum Gasteiger partial charge on any atom is -0.494 e. The van der Waals surface area contributed by atoms with Gasteiger partial charge in [-0.3, -0.25) is 9.59 Å². The van der Waals surface area contributed by atoms with Gasteiger partial charge in [0.1, 0.15) is 5.75 Å². The minimum atomic E-state index is -0.296. The third-order valence-electron chi connectivity index (χ3n) is 4.05. The summed E-state index contributed by atoms with van der Waals surface area (Å²) < 4.78 is 5.62. The highest BCUT2D eigenvalue weighted by molar-refractivity contribution is 6.30. The van der Waals surface area contributed by atoms with Crippen molar-refractivity contribution in [1.82, 2.24) is 16.0 Å². The van der Waals surface area contributed by atoms with Gasteiger partial charge in [0.05, 0.1) is 12.3 Å².